The summed E-state index contributed by atoms with van der Waals surface area (Å²) in [5.74, 6) is 2.98. The van der Waals surface area contributed by atoms with Crippen molar-refractivity contribution in [2.75, 3.05) is 50.7 Å². The molecule has 1 aliphatic rings. The molecule has 0 aliphatic carbocycles. The fourth-order valence-electron chi connectivity index (χ4n) is 3.28. The van der Waals surface area contributed by atoms with Crippen molar-refractivity contribution in [3.05, 3.63) is 48.0 Å². The summed E-state index contributed by atoms with van der Waals surface area (Å²) < 4.78 is 16.2. The molecule has 7 heteroatoms. The lowest BCUT2D eigenvalue weighted by atomic mass is 10.2. The number of para-hydroxylation sites is 1. The first-order valence-electron chi connectivity index (χ1n) is 9.33. The van der Waals surface area contributed by atoms with E-state index in [1.165, 1.54) is 0 Å². The minimum atomic E-state index is 0.615. The van der Waals surface area contributed by atoms with Crippen LogP contribution in [-0.2, 0) is 11.3 Å². The minimum Gasteiger partial charge on any atom is -0.493 e. The molecule has 0 amide bonds. The van der Waals surface area contributed by atoms with Crippen LogP contribution in [0.5, 0.6) is 11.5 Å². The third-order valence-electron chi connectivity index (χ3n) is 4.79. The van der Waals surface area contributed by atoms with Crippen molar-refractivity contribution in [3.8, 4) is 11.5 Å². The smallest absolute Gasteiger partial charge is 0.228 e. The largest absolute Gasteiger partial charge is 0.493 e. The first-order chi connectivity index (χ1) is 13.8. The second-order valence-electron chi connectivity index (χ2n) is 6.53. The van der Waals surface area contributed by atoms with E-state index < -0.39 is 0 Å². The van der Waals surface area contributed by atoms with Crippen LogP contribution in [0.2, 0.25) is 0 Å². The number of benzene rings is 2. The molecule has 1 saturated heterocycles. The van der Waals surface area contributed by atoms with Gasteiger partial charge in [-0.2, -0.15) is 4.98 Å². The van der Waals surface area contributed by atoms with Gasteiger partial charge in [0.2, 0.25) is 5.95 Å². The second-order valence-corrected chi connectivity index (χ2v) is 6.53. The number of hydrogen-bond acceptors (Lipinski definition) is 7. The highest BCUT2D eigenvalue weighted by molar-refractivity contribution is 5.90. The number of ether oxygens (including phenoxy) is 3. The fourth-order valence-corrected chi connectivity index (χ4v) is 3.28. The molecule has 0 bridgehead atoms. The normalized spacial score (nSPS) is 14.1. The van der Waals surface area contributed by atoms with E-state index in [2.05, 4.69) is 10.2 Å². The van der Waals surface area contributed by atoms with Gasteiger partial charge in [-0.3, -0.25) is 0 Å². The number of morpholine rings is 1. The van der Waals surface area contributed by atoms with Crippen molar-refractivity contribution in [3.63, 3.8) is 0 Å². The van der Waals surface area contributed by atoms with Gasteiger partial charge in [0.1, 0.15) is 5.82 Å². The number of nitrogens with zero attached hydrogens (tertiary/aromatic N) is 3. The number of nitrogens with one attached hydrogen (secondary N) is 1. The molecule has 28 heavy (non-hydrogen) atoms. The van der Waals surface area contributed by atoms with E-state index in [1.807, 2.05) is 42.5 Å². The molecule has 0 unspecified atom stereocenters. The third-order valence-corrected chi connectivity index (χ3v) is 4.79. The number of hydrogen-bond donors (Lipinski definition) is 1. The molecule has 0 radical (unpaired) electrons. The molecule has 0 spiro atoms. The monoisotopic (exact) mass is 380 g/mol. The Kier molecular flexibility index (Phi) is 5.43. The number of fused-ring (bicyclic) bond motifs is 1. The van der Waals surface area contributed by atoms with Crippen LogP contribution in [-0.4, -0.2) is 50.5 Å². The molecular formula is C21H24N4O3. The van der Waals surface area contributed by atoms with Crippen LogP contribution in [0.3, 0.4) is 0 Å². The van der Waals surface area contributed by atoms with Crippen molar-refractivity contribution in [2.24, 2.45) is 0 Å². The van der Waals surface area contributed by atoms with Crippen molar-refractivity contribution in [2.45, 2.75) is 6.54 Å². The number of methoxy groups -OCH3 is 2. The molecule has 1 fully saturated rings. The van der Waals surface area contributed by atoms with Gasteiger partial charge in [0.15, 0.2) is 11.5 Å². The highest BCUT2D eigenvalue weighted by Crippen LogP contribution is 2.29. The van der Waals surface area contributed by atoms with Gasteiger partial charge in [0.25, 0.3) is 0 Å². The molecule has 1 aliphatic heterocycles. The maximum atomic E-state index is 5.45. The SMILES string of the molecule is COc1ccc(CNc2nc(N3CCOCC3)nc3ccccc23)cc1OC. The van der Waals surface area contributed by atoms with Crippen LogP contribution in [0.4, 0.5) is 11.8 Å². The summed E-state index contributed by atoms with van der Waals surface area (Å²) in [4.78, 5) is 11.7. The molecule has 2 aromatic carbocycles. The lowest BCUT2D eigenvalue weighted by Crippen LogP contribution is -2.37. The van der Waals surface area contributed by atoms with Crippen LogP contribution in [0.25, 0.3) is 10.9 Å². The Morgan fingerprint density at radius 2 is 1.79 bits per heavy atom. The lowest BCUT2D eigenvalue weighted by Gasteiger charge is -2.27. The van der Waals surface area contributed by atoms with Crippen LogP contribution >= 0.6 is 0 Å². The van der Waals surface area contributed by atoms with Crippen molar-refractivity contribution in [1.29, 1.82) is 0 Å². The van der Waals surface area contributed by atoms with Crippen molar-refractivity contribution >= 4 is 22.7 Å². The van der Waals surface area contributed by atoms with Crippen LogP contribution < -0.4 is 19.7 Å². The molecule has 1 N–H and O–H groups in total. The molecule has 0 saturated carbocycles. The summed E-state index contributed by atoms with van der Waals surface area (Å²) in [6.45, 7) is 3.61. The van der Waals surface area contributed by atoms with Gasteiger partial charge in [-0.15, -0.1) is 0 Å². The zero-order valence-corrected chi connectivity index (χ0v) is 16.1. The third kappa shape index (κ3) is 3.80. The van der Waals surface area contributed by atoms with Crippen LogP contribution in [0.1, 0.15) is 5.56 Å². The number of rotatable bonds is 6. The number of aromatic nitrogens is 2. The summed E-state index contributed by atoms with van der Waals surface area (Å²) >= 11 is 0. The Hall–Kier alpha value is -3.06. The van der Waals surface area contributed by atoms with Gasteiger partial charge in [0, 0.05) is 25.0 Å². The summed E-state index contributed by atoms with van der Waals surface area (Å²) in [7, 11) is 3.28. The lowest BCUT2D eigenvalue weighted by molar-refractivity contribution is 0.122. The van der Waals surface area contributed by atoms with Gasteiger partial charge in [-0.1, -0.05) is 18.2 Å². The van der Waals surface area contributed by atoms with Crippen LogP contribution in [0.15, 0.2) is 42.5 Å². The molecule has 3 aromatic rings. The Morgan fingerprint density at radius 1 is 1.00 bits per heavy atom. The first-order valence-corrected chi connectivity index (χ1v) is 9.33. The Labute approximate surface area is 164 Å². The van der Waals surface area contributed by atoms with Gasteiger partial charge in [0.05, 0.1) is 33.0 Å². The number of anilines is 2. The van der Waals surface area contributed by atoms with E-state index in [1.54, 1.807) is 14.2 Å². The molecule has 2 heterocycles. The van der Waals surface area contributed by atoms with E-state index in [9.17, 15) is 0 Å². The summed E-state index contributed by atoms with van der Waals surface area (Å²) in [5.41, 5.74) is 2.00. The zero-order chi connectivity index (χ0) is 19.3. The van der Waals surface area contributed by atoms with Gasteiger partial charge in [-0.05, 0) is 29.8 Å². The summed E-state index contributed by atoms with van der Waals surface area (Å²) in [6.07, 6.45) is 0. The van der Waals surface area contributed by atoms with E-state index in [4.69, 9.17) is 24.2 Å². The summed E-state index contributed by atoms with van der Waals surface area (Å²) in [6, 6.07) is 13.9. The fraction of sp³-hybridized carbons (Fsp3) is 0.333. The van der Waals surface area contributed by atoms with Crippen LogP contribution in [0, 0.1) is 0 Å². The predicted molar refractivity (Wildman–Crippen MR) is 109 cm³/mol. The molecule has 0 atom stereocenters. The Morgan fingerprint density at radius 3 is 2.57 bits per heavy atom. The highest BCUT2D eigenvalue weighted by Gasteiger charge is 2.16. The summed E-state index contributed by atoms with van der Waals surface area (Å²) in [5, 5.41) is 4.47. The second kappa shape index (κ2) is 8.31. The van der Waals surface area contributed by atoms with E-state index in [-0.39, 0.29) is 0 Å². The van der Waals surface area contributed by atoms with Crippen molar-refractivity contribution < 1.29 is 14.2 Å². The molecule has 7 nitrogen and oxygen atoms in total. The van der Waals surface area contributed by atoms with Crippen molar-refractivity contribution in [1.82, 2.24) is 9.97 Å². The van der Waals surface area contributed by atoms with E-state index in [0.717, 1.165) is 41.3 Å². The average Bonchev–Trinajstić information content (AvgIpc) is 2.77. The zero-order valence-electron chi connectivity index (χ0n) is 16.1. The Bertz CT molecular complexity index is 958. The quantitative estimate of drug-likeness (QED) is 0.705. The Balaban J connectivity index is 1.62. The maximum absolute atomic E-state index is 5.45. The maximum Gasteiger partial charge on any atom is 0.228 e. The van der Waals surface area contributed by atoms with E-state index in [0.29, 0.717) is 31.3 Å². The highest BCUT2D eigenvalue weighted by atomic mass is 16.5. The van der Waals surface area contributed by atoms with Gasteiger partial charge >= 0.3 is 0 Å². The predicted octanol–water partition coefficient (Wildman–Crippen LogP) is 3.10. The van der Waals surface area contributed by atoms with Gasteiger partial charge < -0.3 is 24.4 Å². The first kappa shape index (κ1) is 18.3. The van der Waals surface area contributed by atoms with E-state index >= 15 is 0 Å². The molecular weight excluding hydrogens is 356 g/mol. The standard InChI is InChI=1S/C21H24N4O3/c1-26-18-8-7-15(13-19(18)27-2)14-22-20-16-5-3-4-6-17(16)23-21(24-20)25-9-11-28-12-10-25/h3-8,13H,9-12,14H2,1-2H3,(H,22,23,24). The molecule has 146 valence electrons. The molecule has 4 rings (SSSR count). The molecule has 1 aromatic heterocycles. The average molecular weight is 380 g/mol. The minimum absolute atomic E-state index is 0.615. The van der Waals surface area contributed by atoms with Gasteiger partial charge in [-0.25, -0.2) is 4.98 Å². The topological polar surface area (TPSA) is 68.7 Å².